The summed E-state index contributed by atoms with van der Waals surface area (Å²) in [5, 5.41) is 0.607. The van der Waals surface area contributed by atoms with E-state index in [0.717, 1.165) is 36.6 Å². The van der Waals surface area contributed by atoms with E-state index in [9.17, 15) is 4.79 Å². The smallest absolute Gasteiger partial charge is 0.254 e. The lowest BCUT2D eigenvalue weighted by molar-refractivity contribution is 0.0499. The van der Waals surface area contributed by atoms with Gasteiger partial charge in [-0.25, -0.2) is 4.98 Å². The maximum atomic E-state index is 13.3. The van der Waals surface area contributed by atoms with Crippen molar-refractivity contribution < 1.29 is 14.3 Å². The monoisotopic (exact) mass is 439 g/mol. The Hall–Kier alpha value is -2.83. The van der Waals surface area contributed by atoms with Crippen LogP contribution < -0.4 is 4.74 Å². The summed E-state index contributed by atoms with van der Waals surface area (Å²) in [6, 6.07) is 14.9. The number of imidazole rings is 1. The van der Waals surface area contributed by atoms with Gasteiger partial charge in [0.1, 0.15) is 11.6 Å². The van der Waals surface area contributed by atoms with Crippen molar-refractivity contribution in [3.8, 4) is 5.75 Å². The highest BCUT2D eigenvalue weighted by atomic mass is 35.5. The number of nitrogens with zero attached hydrogens (tertiary/aromatic N) is 3. The van der Waals surface area contributed by atoms with Gasteiger partial charge in [0.05, 0.1) is 19.8 Å². The Balaban J connectivity index is 1.54. The van der Waals surface area contributed by atoms with Crippen LogP contribution >= 0.6 is 11.6 Å². The standard InChI is InChI=1S/C24H26ClN3O3/c1-30-21-5-2-4-18(14-21)15-27-12-11-26-23(27)17-28(16-22-6-3-13-31-22)24(29)19-7-9-20(25)10-8-19/h2,4-5,7-12,14,22H,3,6,13,15-17H2,1H3. The first-order valence-electron chi connectivity index (χ1n) is 10.4. The highest BCUT2D eigenvalue weighted by molar-refractivity contribution is 6.30. The van der Waals surface area contributed by atoms with Crippen LogP contribution in [0.1, 0.15) is 34.6 Å². The quantitative estimate of drug-likeness (QED) is 0.521. The normalized spacial score (nSPS) is 15.7. The molecule has 31 heavy (non-hydrogen) atoms. The van der Waals surface area contributed by atoms with Gasteiger partial charge in [-0.15, -0.1) is 0 Å². The molecule has 6 nitrogen and oxygen atoms in total. The third kappa shape index (κ3) is 5.46. The molecular weight excluding hydrogens is 414 g/mol. The number of hydrogen-bond acceptors (Lipinski definition) is 4. The van der Waals surface area contributed by atoms with Crippen LogP contribution in [-0.2, 0) is 17.8 Å². The molecule has 1 atom stereocenters. The van der Waals surface area contributed by atoms with Crippen molar-refractivity contribution in [1.82, 2.24) is 14.5 Å². The number of aromatic nitrogens is 2. The molecule has 1 unspecified atom stereocenters. The first kappa shape index (κ1) is 21.4. The molecule has 3 aromatic rings. The van der Waals surface area contributed by atoms with Gasteiger partial charge in [-0.2, -0.15) is 0 Å². The van der Waals surface area contributed by atoms with Crippen molar-refractivity contribution in [2.24, 2.45) is 0 Å². The molecule has 4 rings (SSSR count). The Morgan fingerprint density at radius 3 is 2.87 bits per heavy atom. The lowest BCUT2D eigenvalue weighted by Crippen LogP contribution is -2.37. The highest BCUT2D eigenvalue weighted by Crippen LogP contribution is 2.19. The number of rotatable bonds is 8. The predicted molar refractivity (Wildman–Crippen MR) is 119 cm³/mol. The molecule has 1 fully saturated rings. The molecule has 7 heteroatoms. The summed E-state index contributed by atoms with van der Waals surface area (Å²) in [6.45, 7) is 2.33. The van der Waals surface area contributed by atoms with Gasteiger partial charge < -0.3 is 18.9 Å². The average Bonchev–Trinajstić information content (AvgIpc) is 3.46. The molecule has 1 amide bonds. The fourth-order valence-corrected chi connectivity index (χ4v) is 3.93. The van der Waals surface area contributed by atoms with Crippen molar-refractivity contribution in [1.29, 1.82) is 0 Å². The second-order valence-corrected chi connectivity index (χ2v) is 8.09. The SMILES string of the molecule is COc1cccc(Cn2ccnc2CN(CC2CCCO2)C(=O)c2ccc(Cl)cc2)c1. The molecule has 1 saturated heterocycles. The second-order valence-electron chi connectivity index (χ2n) is 7.65. The molecule has 0 N–H and O–H groups in total. The summed E-state index contributed by atoms with van der Waals surface area (Å²) in [6.07, 6.45) is 5.75. The Kier molecular flexibility index (Phi) is 6.89. The van der Waals surface area contributed by atoms with E-state index < -0.39 is 0 Å². The second kappa shape index (κ2) is 9.98. The fourth-order valence-electron chi connectivity index (χ4n) is 3.80. The molecule has 1 aromatic heterocycles. The van der Waals surface area contributed by atoms with E-state index in [1.54, 1.807) is 37.6 Å². The molecule has 1 aliphatic rings. The first-order chi connectivity index (χ1) is 15.1. The van der Waals surface area contributed by atoms with Gasteiger partial charge in [-0.1, -0.05) is 23.7 Å². The number of methoxy groups -OCH3 is 1. The van der Waals surface area contributed by atoms with Crippen molar-refractivity contribution in [2.45, 2.75) is 32.0 Å². The van der Waals surface area contributed by atoms with Crippen molar-refractivity contribution in [3.05, 3.63) is 82.9 Å². The van der Waals surface area contributed by atoms with E-state index in [1.165, 1.54) is 0 Å². The summed E-state index contributed by atoms with van der Waals surface area (Å²) in [5.74, 6) is 1.59. The summed E-state index contributed by atoms with van der Waals surface area (Å²) in [5.41, 5.74) is 1.71. The van der Waals surface area contributed by atoms with Crippen LogP contribution in [0.3, 0.4) is 0 Å². The molecular formula is C24H26ClN3O3. The van der Waals surface area contributed by atoms with Crippen LogP contribution in [0.25, 0.3) is 0 Å². The van der Waals surface area contributed by atoms with Gasteiger partial charge in [-0.3, -0.25) is 4.79 Å². The number of hydrogen-bond donors (Lipinski definition) is 0. The minimum absolute atomic E-state index is 0.0527. The minimum atomic E-state index is -0.0527. The fraction of sp³-hybridized carbons (Fsp3) is 0.333. The van der Waals surface area contributed by atoms with Gasteiger partial charge in [0.15, 0.2) is 0 Å². The van der Waals surface area contributed by atoms with Gasteiger partial charge in [0, 0.05) is 42.7 Å². The van der Waals surface area contributed by atoms with Crippen LogP contribution in [0.2, 0.25) is 5.02 Å². The molecule has 0 spiro atoms. The lowest BCUT2D eigenvalue weighted by atomic mass is 10.1. The summed E-state index contributed by atoms with van der Waals surface area (Å²) in [7, 11) is 1.66. The van der Waals surface area contributed by atoms with Gasteiger partial charge in [0.25, 0.3) is 5.91 Å². The van der Waals surface area contributed by atoms with E-state index in [0.29, 0.717) is 30.2 Å². The number of ether oxygens (including phenoxy) is 2. The van der Waals surface area contributed by atoms with Crippen LogP contribution in [0.15, 0.2) is 60.9 Å². The number of carbonyl (C=O) groups excluding carboxylic acids is 1. The van der Waals surface area contributed by atoms with E-state index in [2.05, 4.69) is 15.6 Å². The maximum absolute atomic E-state index is 13.3. The van der Waals surface area contributed by atoms with Crippen LogP contribution in [0, 0.1) is 0 Å². The zero-order valence-corrected chi connectivity index (χ0v) is 18.3. The topological polar surface area (TPSA) is 56.6 Å². The maximum Gasteiger partial charge on any atom is 0.254 e. The predicted octanol–water partition coefficient (Wildman–Crippen LogP) is 4.41. The Morgan fingerprint density at radius 2 is 2.13 bits per heavy atom. The van der Waals surface area contributed by atoms with Crippen molar-refractivity contribution in [2.75, 3.05) is 20.3 Å². The Morgan fingerprint density at radius 1 is 1.29 bits per heavy atom. The van der Waals surface area contributed by atoms with E-state index in [-0.39, 0.29) is 12.0 Å². The Labute approximate surface area is 187 Å². The molecule has 1 aliphatic heterocycles. The van der Waals surface area contributed by atoms with E-state index >= 15 is 0 Å². The largest absolute Gasteiger partial charge is 0.497 e. The minimum Gasteiger partial charge on any atom is -0.497 e. The van der Waals surface area contributed by atoms with Crippen molar-refractivity contribution in [3.63, 3.8) is 0 Å². The van der Waals surface area contributed by atoms with Crippen molar-refractivity contribution >= 4 is 17.5 Å². The average molecular weight is 440 g/mol. The molecule has 2 aromatic carbocycles. The van der Waals surface area contributed by atoms with Crippen LogP contribution in [-0.4, -0.2) is 46.7 Å². The van der Waals surface area contributed by atoms with E-state index in [4.69, 9.17) is 21.1 Å². The van der Waals surface area contributed by atoms with Crippen LogP contribution in [0.5, 0.6) is 5.75 Å². The molecule has 162 valence electrons. The molecule has 0 bridgehead atoms. The summed E-state index contributed by atoms with van der Waals surface area (Å²) in [4.78, 5) is 19.7. The third-order valence-electron chi connectivity index (χ3n) is 5.45. The van der Waals surface area contributed by atoms with Gasteiger partial charge in [-0.05, 0) is 54.8 Å². The lowest BCUT2D eigenvalue weighted by Gasteiger charge is -2.26. The molecule has 0 saturated carbocycles. The van der Waals surface area contributed by atoms with Gasteiger partial charge >= 0.3 is 0 Å². The molecule has 2 heterocycles. The number of carbonyl (C=O) groups is 1. The zero-order chi connectivity index (χ0) is 21.6. The molecule has 0 aliphatic carbocycles. The first-order valence-corrected chi connectivity index (χ1v) is 10.8. The zero-order valence-electron chi connectivity index (χ0n) is 17.5. The van der Waals surface area contributed by atoms with Gasteiger partial charge in [0.2, 0.25) is 0 Å². The third-order valence-corrected chi connectivity index (χ3v) is 5.70. The molecule has 0 radical (unpaired) electrons. The summed E-state index contributed by atoms with van der Waals surface area (Å²) >= 11 is 6.00. The van der Waals surface area contributed by atoms with Crippen LogP contribution in [0.4, 0.5) is 0 Å². The number of amides is 1. The highest BCUT2D eigenvalue weighted by Gasteiger charge is 2.25. The summed E-state index contributed by atoms with van der Waals surface area (Å²) < 4.78 is 13.2. The number of halogens is 1. The number of benzene rings is 2. The Bertz CT molecular complexity index is 1010. The van der Waals surface area contributed by atoms with E-state index in [1.807, 2.05) is 29.3 Å².